The predicted molar refractivity (Wildman–Crippen MR) is 87.6 cm³/mol. The largest absolute Gasteiger partial charge is 0.419 e. The lowest BCUT2D eigenvalue weighted by Gasteiger charge is -2.37. The van der Waals surface area contributed by atoms with Crippen LogP contribution in [0.3, 0.4) is 0 Å². The molecule has 0 bridgehead atoms. The fourth-order valence-corrected chi connectivity index (χ4v) is 4.69. The molecule has 0 heterocycles. The molecule has 0 radical (unpaired) electrons. The Morgan fingerprint density at radius 3 is 1.92 bits per heavy atom. The second-order valence-corrected chi connectivity index (χ2v) is 7.66. The summed E-state index contributed by atoms with van der Waals surface area (Å²) in [7, 11) is 0. The Balaban J connectivity index is 1.57. The van der Waals surface area contributed by atoms with Gasteiger partial charge in [0.15, 0.2) is 0 Å². The zero-order valence-electron chi connectivity index (χ0n) is 14.2. The van der Waals surface area contributed by atoms with Crippen LogP contribution in [0.15, 0.2) is 18.2 Å². The van der Waals surface area contributed by atoms with Gasteiger partial charge in [0.2, 0.25) is 0 Å². The molecule has 2 saturated carbocycles. The van der Waals surface area contributed by atoms with E-state index in [1.807, 2.05) is 0 Å². The number of hydrogen-bond donors (Lipinski definition) is 0. The number of carbonyl (C=O) groups is 1. The average molecular weight is 356 g/mol. The van der Waals surface area contributed by atoms with Gasteiger partial charge in [0, 0.05) is 5.92 Å². The molecule has 1 aromatic rings. The van der Waals surface area contributed by atoms with Crippen molar-refractivity contribution in [2.45, 2.75) is 63.5 Å². The molecular weight excluding hydrogens is 332 g/mol. The molecule has 0 atom stereocenters. The molecule has 2 aliphatic rings. The van der Waals surface area contributed by atoms with Gasteiger partial charge in [0.05, 0.1) is 5.56 Å². The van der Waals surface area contributed by atoms with E-state index in [1.54, 1.807) is 0 Å². The summed E-state index contributed by atoms with van der Waals surface area (Å²) >= 11 is 0. The van der Waals surface area contributed by atoms with Gasteiger partial charge in [0.25, 0.3) is 0 Å². The fourth-order valence-electron chi connectivity index (χ4n) is 4.69. The summed E-state index contributed by atoms with van der Waals surface area (Å²) in [4.78, 5) is 10.9. The molecule has 0 saturated heterocycles. The molecular formula is C20H24F4O. The zero-order chi connectivity index (χ0) is 18.0. The van der Waals surface area contributed by atoms with E-state index in [0.29, 0.717) is 17.4 Å². The van der Waals surface area contributed by atoms with Gasteiger partial charge in [-0.3, -0.25) is 0 Å². The minimum Gasteiger partial charge on any atom is -0.303 e. The standard InChI is InChI=1S/C20H24F4O/c21-19-11-17(9-10-18(19)20(22,23)24)16-7-5-15(6-8-16)14-3-1-13(12-25)2-4-14/h9-16H,1-8H2. The Morgan fingerprint density at radius 1 is 0.880 bits per heavy atom. The second kappa shape index (κ2) is 7.46. The number of carbonyl (C=O) groups excluding carboxylic acids is 1. The first kappa shape index (κ1) is 18.4. The van der Waals surface area contributed by atoms with Crippen molar-refractivity contribution in [1.29, 1.82) is 0 Å². The minimum atomic E-state index is -4.64. The lowest BCUT2D eigenvalue weighted by atomic mass is 9.68. The SMILES string of the molecule is O=CC1CCC(C2CCC(c3ccc(C(F)(F)F)c(F)c3)CC2)CC1. The number of hydrogen-bond acceptors (Lipinski definition) is 1. The summed E-state index contributed by atoms with van der Waals surface area (Å²) in [6.45, 7) is 0. The fraction of sp³-hybridized carbons (Fsp3) is 0.650. The smallest absolute Gasteiger partial charge is 0.303 e. The molecule has 0 amide bonds. The van der Waals surface area contributed by atoms with Gasteiger partial charge >= 0.3 is 6.18 Å². The average Bonchev–Trinajstić information content (AvgIpc) is 2.61. The minimum absolute atomic E-state index is 0.152. The topological polar surface area (TPSA) is 17.1 Å². The molecule has 1 aromatic carbocycles. The van der Waals surface area contributed by atoms with Crippen molar-refractivity contribution in [2.24, 2.45) is 17.8 Å². The predicted octanol–water partition coefficient (Wildman–Crippen LogP) is 6.12. The van der Waals surface area contributed by atoms with Crippen molar-refractivity contribution in [1.82, 2.24) is 0 Å². The van der Waals surface area contributed by atoms with Crippen LogP contribution in [0, 0.1) is 23.6 Å². The quantitative estimate of drug-likeness (QED) is 0.471. The van der Waals surface area contributed by atoms with Gasteiger partial charge in [0.1, 0.15) is 12.1 Å². The van der Waals surface area contributed by atoms with Crippen molar-refractivity contribution in [3.8, 4) is 0 Å². The number of halogens is 4. The van der Waals surface area contributed by atoms with Crippen LogP contribution in [0.2, 0.25) is 0 Å². The maximum atomic E-state index is 13.8. The summed E-state index contributed by atoms with van der Waals surface area (Å²) in [6.07, 6.45) is 4.52. The van der Waals surface area contributed by atoms with E-state index >= 15 is 0 Å². The summed E-state index contributed by atoms with van der Waals surface area (Å²) < 4.78 is 51.8. The van der Waals surface area contributed by atoms with Crippen LogP contribution in [0.1, 0.15) is 68.4 Å². The van der Waals surface area contributed by atoms with E-state index < -0.39 is 17.6 Å². The van der Waals surface area contributed by atoms with Gasteiger partial charge in [-0.1, -0.05) is 6.07 Å². The van der Waals surface area contributed by atoms with Crippen LogP contribution >= 0.6 is 0 Å². The second-order valence-electron chi connectivity index (χ2n) is 7.66. The van der Waals surface area contributed by atoms with Crippen molar-refractivity contribution < 1.29 is 22.4 Å². The van der Waals surface area contributed by atoms with E-state index in [2.05, 4.69) is 0 Å². The normalized spacial score (nSPS) is 30.9. The lowest BCUT2D eigenvalue weighted by Crippen LogP contribution is -2.25. The van der Waals surface area contributed by atoms with Crippen molar-refractivity contribution >= 4 is 6.29 Å². The van der Waals surface area contributed by atoms with Gasteiger partial charge < -0.3 is 4.79 Å². The Morgan fingerprint density at radius 2 is 1.44 bits per heavy atom. The molecule has 3 rings (SSSR count). The molecule has 5 heteroatoms. The maximum Gasteiger partial charge on any atom is 0.419 e. The monoisotopic (exact) mass is 356 g/mol. The van der Waals surface area contributed by atoms with Crippen LogP contribution in [-0.2, 0) is 11.0 Å². The first-order valence-corrected chi connectivity index (χ1v) is 9.20. The zero-order valence-corrected chi connectivity index (χ0v) is 14.2. The summed E-state index contributed by atoms with van der Waals surface area (Å²) in [5.41, 5.74) is -0.495. The highest BCUT2D eigenvalue weighted by Gasteiger charge is 2.35. The molecule has 138 valence electrons. The van der Waals surface area contributed by atoms with Crippen LogP contribution in [0.25, 0.3) is 0 Å². The van der Waals surface area contributed by atoms with E-state index in [0.717, 1.165) is 69.8 Å². The lowest BCUT2D eigenvalue weighted by molar-refractivity contribution is -0.140. The Labute approximate surface area is 145 Å². The van der Waals surface area contributed by atoms with Gasteiger partial charge in [-0.2, -0.15) is 13.2 Å². The van der Waals surface area contributed by atoms with Crippen molar-refractivity contribution in [3.05, 3.63) is 35.1 Å². The van der Waals surface area contributed by atoms with Crippen LogP contribution < -0.4 is 0 Å². The van der Waals surface area contributed by atoms with E-state index in [9.17, 15) is 22.4 Å². The molecule has 1 nitrogen and oxygen atoms in total. The summed E-state index contributed by atoms with van der Waals surface area (Å²) in [6, 6.07) is 3.38. The first-order chi connectivity index (χ1) is 11.9. The van der Waals surface area contributed by atoms with E-state index in [4.69, 9.17) is 0 Å². The van der Waals surface area contributed by atoms with E-state index in [1.165, 1.54) is 6.07 Å². The van der Waals surface area contributed by atoms with Gasteiger partial charge in [-0.05, 0) is 86.8 Å². The highest BCUT2D eigenvalue weighted by Crippen LogP contribution is 2.44. The molecule has 2 aliphatic carbocycles. The molecule has 0 aromatic heterocycles. The highest BCUT2D eigenvalue weighted by atomic mass is 19.4. The summed E-state index contributed by atoms with van der Waals surface area (Å²) in [5, 5.41) is 0. The number of aldehydes is 1. The van der Waals surface area contributed by atoms with Gasteiger partial charge in [-0.25, -0.2) is 4.39 Å². The molecule has 0 N–H and O–H groups in total. The van der Waals surface area contributed by atoms with Crippen LogP contribution in [-0.4, -0.2) is 6.29 Å². The molecule has 0 unspecified atom stereocenters. The Hall–Kier alpha value is -1.39. The molecule has 2 fully saturated rings. The molecule has 25 heavy (non-hydrogen) atoms. The first-order valence-electron chi connectivity index (χ1n) is 9.20. The maximum absolute atomic E-state index is 13.8. The molecule has 0 spiro atoms. The van der Waals surface area contributed by atoms with Crippen LogP contribution in [0.4, 0.5) is 17.6 Å². The van der Waals surface area contributed by atoms with Crippen molar-refractivity contribution in [2.75, 3.05) is 0 Å². The van der Waals surface area contributed by atoms with E-state index in [-0.39, 0.29) is 11.8 Å². The third-order valence-corrected chi connectivity index (χ3v) is 6.22. The third kappa shape index (κ3) is 4.24. The third-order valence-electron chi connectivity index (χ3n) is 6.22. The summed E-state index contributed by atoms with van der Waals surface area (Å²) in [5.74, 6) is 0.519. The highest BCUT2D eigenvalue weighted by molar-refractivity contribution is 5.53. The number of benzene rings is 1. The van der Waals surface area contributed by atoms with Crippen LogP contribution in [0.5, 0.6) is 0 Å². The Bertz CT molecular complexity index is 594. The number of rotatable bonds is 3. The Kier molecular flexibility index (Phi) is 5.49. The molecule has 0 aliphatic heterocycles. The van der Waals surface area contributed by atoms with Crippen molar-refractivity contribution in [3.63, 3.8) is 0 Å². The number of alkyl halides is 3. The van der Waals surface area contributed by atoms with Gasteiger partial charge in [-0.15, -0.1) is 0 Å².